The Morgan fingerprint density at radius 2 is 2.27 bits per heavy atom. The number of hydrogen-bond donors (Lipinski definition) is 0. The van der Waals surface area contributed by atoms with E-state index in [2.05, 4.69) is 12.1 Å². The molecule has 0 amide bonds. The first kappa shape index (κ1) is 8.31. The number of unbranched alkanes of at least 4 members (excludes halogenated alkanes) is 3. The third-order valence-corrected chi connectivity index (χ3v) is 1.67. The minimum atomic E-state index is 1.04. The highest BCUT2D eigenvalue weighted by atomic mass is 16.5. The molecule has 0 bridgehead atoms. The van der Waals surface area contributed by atoms with Crippen molar-refractivity contribution in [2.24, 2.45) is 0 Å². The molecule has 0 N–H and O–H groups in total. The molecule has 1 aromatic heterocycles. The van der Waals surface area contributed by atoms with Gasteiger partial charge in [0.05, 0.1) is 5.69 Å². The van der Waals surface area contributed by atoms with Gasteiger partial charge in [0.15, 0.2) is 0 Å². The molecule has 0 aliphatic carbocycles. The van der Waals surface area contributed by atoms with Crippen LogP contribution in [-0.2, 0) is 6.42 Å². The molecule has 11 heavy (non-hydrogen) atoms. The van der Waals surface area contributed by atoms with E-state index in [0.29, 0.717) is 0 Å². The van der Waals surface area contributed by atoms with E-state index in [1.165, 1.54) is 19.3 Å². The summed E-state index contributed by atoms with van der Waals surface area (Å²) < 4.78 is 4.71. The molecular formula is C9H14NO. The van der Waals surface area contributed by atoms with Crippen molar-refractivity contribution >= 4 is 0 Å². The fourth-order valence-corrected chi connectivity index (χ4v) is 1.03. The quantitative estimate of drug-likeness (QED) is 0.606. The summed E-state index contributed by atoms with van der Waals surface area (Å²) in [5.74, 6) is 0. The molecule has 1 rings (SSSR count). The molecule has 0 unspecified atom stereocenters. The van der Waals surface area contributed by atoms with Crippen LogP contribution >= 0.6 is 0 Å². The van der Waals surface area contributed by atoms with Crippen LogP contribution < -0.4 is 0 Å². The molecule has 0 atom stereocenters. The highest BCUT2D eigenvalue weighted by Crippen LogP contribution is 2.04. The first-order chi connectivity index (χ1) is 5.43. The maximum atomic E-state index is 4.71. The van der Waals surface area contributed by atoms with Crippen LogP contribution in [-0.4, -0.2) is 5.16 Å². The molecule has 1 radical (unpaired) electrons. The summed E-state index contributed by atoms with van der Waals surface area (Å²) in [7, 11) is 0. The second-order valence-electron chi connectivity index (χ2n) is 2.65. The van der Waals surface area contributed by atoms with Crippen LogP contribution in [0.5, 0.6) is 0 Å². The van der Waals surface area contributed by atoms with Gasteiger partial charge in [-0.05, 0) is 12.8 Å². The molecule has 0 saturated carbocycles. The number of aryl methyl sites for hydroxylation is 1. The Kier molecular flexibility index (Phi) is 3.73. The molecule has 1 heterocycles. The molecule has 0 aliphatic rings. The van der Waals surface area contributed by atoms with E-state index in [0.717, 1.165) is 18.5 Å². The summed E-state index contributed by atoms with van der Waals surface area (Å²) >= 11 is 0. The van der Waals surface area contributed by atoms with Gasteiger partial charge in [-0.1, -0.05) is 31.3 Å². The zero-order chi connectivity index (χ0) is 7.94. The maximum Gasteiger partial charge on any atom is 0.124 e. The number of aromatic nitrogens is 1. The summed E-state index contributed by atoms with van der Waals surface area (Å²) in [6.07, 6.45) is 7.36. The minimum Gasteiger partial charge on any atom is -0.365 e. The highest BCUT2D eigenvalue weighted by molar-refractivity contribution is 4.94. The van der Waals surface area contributed by atoms with E-state index in [4.69, 9.17) is 4.52 Å². The minimum absolute atomic E-state index is 1.04. The smallest absolute Gasteiger partial charge is 0.124 e. The predicted molar refractivity (Wildman–Crippen MR) is 44.0 cm³/mol. The van der Waals surface area contributed by atoms with E-state index < -0.39 is 0 Å². The van der Waals surface area contributed by atoms with Crippen molar-refractivity contribution < 1.29 is 4.52 Å². The summed E-state index contributed by atoms with van der Waals surface area (Å²) in [6.45, 7) is 3.79. The van der Waals surface area contributed by atoms with Crippen molar-refractivity contribution in [2.45, 2.75) is 32.1 Å². The lowest BCUT2D eigenvalue weighted by Gasteiger charge is -1.94. The summed E-state index contributed by atoms with van der Waals surface area (Å²) in [5.41, 5.74) is 1.06. The molecule has 0 aromatic carbocycles. The maximum absolute atomic E-state index is 4.71. The van der Waals surface area contributed by atoms with Gasteiger partial charge in [0, 0.05) is 6.07 Å². The molecule has 61 valence electrons. The fraction of sp³-hybridized carbons (Fsp3) is 0.556. The monoisotopic (exact) mass is 152 g/mol. The van der Waals surface area contributed by atoms with E-state index in [1.54, 1.807) is 6.26 Å². The van der Waals surface area contributed by atoms with E-state index in [-0.39, 0.29) is 0 Å². The van der Waals surface area contributed by atoms with E-state index in [1.807, 2.05) is 6.07 Å². The SMILES string of the molecule is [CH2]CCCCCc1ccon1. The Morgan fingerprint density at radius 3 is 2.91 bits per heavy atom. The Balaban J connectivity index is 2.04. The Bertz CT molecular complexity index is 170. The van der Waals surface area contributed by atoms with Crippen molar-refractivity contribution in [1.29, 1.82) is 0 Å². The van der Waals surface area contributed by atoms with Crippen molar-refractivity contribution in [3.8, 4) is 0 Å². The van der Waals surface area contributed by atoms with Crippen molar-refractivity contribution in [1.82, 2.24) is 5.16 Å². The van der Waals surface area contributed by atoms with Crippen molar-refractivity contribution in [2.75, 3.05) is 0 Å². The van der Waals surface area contributed by atoms with Gasteiger partial charge in [-0.2, -0.15) is 0 Å². The van der Waals surface area contributed by atoms with E-state index >= 15 is 0 Å². The number of nitrogens with zero attached hydrogens (tertiary/aromatic N) is 1. The van der Waals surface area contributed by atoms with Gasteiger partial charge in [0.25, 0.3) is 0 Å². The van der Waals surface area contributed by atoms with Crippen LogP contribution in [0.4, 0.5) is 0 Å². The second-order valence-corrected chi connectivity index (χ2v) is 2.65. The van der Waals surface area contributed by atoms with Gasteiger partial charge in [-0.3, -0.25) is 0 Å². The largest absolute Gasteiger partial charge is 0.365 e. The van der Waals surface area contributed by atoms with Gasteiger partial charge in [-0.25, -0.2) is 0 Å². The van der Waals surface area contributed by atoms with Crippen LogP contribution in [0, 0.1) is 6.92 Å². The van der Waals surface area contributed by atoms with Gasteiger partial charge >= 0.3 is 0 Å². The Labute approximate surface area is 67.6 Å². The van der Waals surface area contributed by atoms with Crippen LogP contribution in [0.15, 0.2) is 16.9 Å². The zero-order valence-corrected chi connectivity index (χ0v) is 6.75. The number of hydrogen-bond acceptors (Lipinski definition) is 2. The molecule has 0 aliphatic heterocycles. The van der Waals surface area contributed by atoms with Crippen LogP contribution in [0.1, 0.15) is 31.4 Å². The van der Waals surface area contributed by atoms with Crippen LogP contribution in [0.25, 0.3) is 0 Å². The third-order valence-electron chi connectivity index (χ3n) is 1.67. The molecule has 0 spiro atoms. The molecule has 0 fully saturated rings. The third kappa shape index (κ3) is 3.21. The molecule has 2 heteroatoms. The lowest BCUT2D eigenvalue weighted by Crippen LogP contribution is -1.84. The van der Waals surface area contributed by atoms with Crippen molar-refractivity contribution in [3.63, 3.8) is 0 Å². The average molecular weight is 152 g/mol. The van der Waals surface area contributed by atoms with E-state index in [9.17, 15) is 0 Å². The summed E-state index contributed by atoms with van der Waals surface area (Å²) in [6, 6.07) is 1.92. The topological polar surface area (TPSA) is 26.0 Å². The Hall–Kier alpha value is -0.790. The molecule has 2 nitrogen and oxygen atoms in total. The Morgan fingerprint density at radius 1 is 1.36 bits per heavy atom. The standard InChI is InChI=1S/C9H14NO/c1-2-3-4-5-6-9-7-8-11-10-9/h7-8H,1-6H2. The fourth-order valence-electron chi connectivity index (χ4n) is 1.03. The lowest BCUT2D eigenvalue weighted by atomic mass is 10.1. The van der Waals surface area contributed by atoms with Crippen LogP contribution in [0.2, 0.25) is 0 Å². The summed E-state index contributed by atoms with van der Waals surface area (Å²) in [4.78, 5) is 0. The van der Waals surface area contributed by atoms with Gasteiger partial charge in [0.2, 0.25) is 0 Å². The first-order valence-electron chi connectivity index (χ1n) is 4.12. The normalized spacial score (nSPS) is 10.3. The first-order valence-corrected chi connectivity index (χ1v) is 4.12. The summed E-state index contributed by atoms with van der Waals surface area (Å²) in [5, 5.41) is 3.82. The molecule has 1 aromatic rings. The van der Waals surface area contributed by atoms with Gasteiger partial charge < -0.3 is 4.52 Å². The molecule has 0 saturated heterocycles. The predicted octanol–water partition coefficient (Wildman–Crippen LogP) is 2.61. The van der Waals surface area contributed by atoms with Crippen LogP contribution in [0.3, 0.4) is 0 Å². The number of rotatable bonds is 5. The van der Waals surface area contributed by atoms with Gasteiger partial charge in [0.1, 0.15) is 6.26 Å². The van der Waals surface area contributed by atoms with Crippen molar-refractivity contribution in [3.05, 3.63) is 24.9 Å². The van der Waals surface area contributed by atoms with Gasteiger partial charge in [-0.15, -0.1) is 0 Å². The molecular weight excluding hydrogens is 138 g/mol. The second kappa shape index (κ2) is 4.94. The lowest BCUT2D eigenvalue weighted by molar-refractivity contribution is 0.410. The average Bonchev–Trinajstić information content (AvgIpc) is 2.50. The zero-order valence-electron chi connectivity index (χ0n) is 6.75. The highest BCUT2D eigenvalue weighted by Gasteiger charge is 1.94.